The molecule has 7 nitrogen and oxygen atoms in total. The van der Waals surface area contributed by atoms with Crippen molar-refractivity contribution in [2.24, 2.45) is 0 Å². The molecule has 1 heterocycles. The Hall–Kier alpha value is -2.38. The predicted octanol–water partition coefficient (Wildman–Crippen LogP) is 1.94. The highest BCUT2D eigenvalue weighted by molar-refractivity contribution is 5.92. The van der Waals surface area contributed by atoms with Gasteiger partial charge in [0.05, 0.1) is 19.3 Å². The second-order valence-electron chi connectivity index (χ2n) is 6.65. The van der Waals surface area contributed by atoms with Gasteiger partial charge in [0.1, 0.15) is 17.6 Å². The molecule has 2 aliphatic rings. The molecule has 1 N–H and O–H groups in total. The highest BCUT2D eigenvalue weighted by Crippen LogP contribution is 2.44. The van der Waals surface area contributed by atoms with E-state index in [1.165, 1.54) is 20.3 Å². The Bertz CT molecular complexity index is 754. The number of allylic oxidation sites excluding steroid dienone is 2. The van der Waals surface area contributed by atoms with Gasteiger partial charge >= 0.3 is 5.97 Å². The first-order valence-corrected chi connectivity index (χ1v) is 8.36. The molecule has 3 unspecified atom stereocenters. The summed E-state index contributed by atoms with van der Waals surface area (Å²) in [5.41, 5.74) is -0.195. The molecule has 0 bridgehead atoms. The Morgan fingerprint density at radius 3 is 2.73 bits per heavy atom. The van der Waals surface area contributed by atoms with Crippen molar-refractivity contribution in [3.8, 4) is 5.75 Å². The molecule has 1 aromatic carbocycles. The van der Waals surface area contributed by atoms with Gasteiger partial charge in [-0.15, -0.1) is 0 Å². The van der Waals surface area contributed by atoms with E-state index in [2.05, 4.69) is 0 Å². The maximum absolute atomic E-state index is 11.9. The van der Waals surface area contributed by atoms with Gasteiger partial charge in [0, 0.05) is 31.6 Å². The average molecular weight is 362 g/mol. The lowest BCUT2D eigenvalue weighted by molar-refractivity contribution is -0.150. The number of methoxy groups -OCH3 is 2. The van der Waals surface area contributed by atoms with Gasteiger partial charge in [0.25, 0.3) is 0 Å². The summed E-state index contributed by atoms with van der Waals surface area (Å²) >= 11 is 0. The Labute approximate surface area is 151 Å². The zero-order valence-corrected chi connectivity index (χ0v) is 15.0. The van der Waals surface area contributed by atoms with Crippen LogP contribution in [-0.2, 0) is 19.0 Å². The highest BCUT2D eigenvalue weighted by atomic mass is 16.6. The summed E-state index contributed by atoms with van der Waals surface area (Å²) in [4.78, 5) is 23.4. The molecule has 3 atom stereocenters. The van der Waals surface area contributed by atoms with Crippen LogP contribution in [0.25, 0.3) is 0 Å². The first-order valence-electron chi connectivity index (χ1n) is 8.36. The molecule has 0 aromatic heterocycles. The van der Waals surface area contributed by atoms with Crippen LogP contribution in [0.3, 0.4) is 0 Å². The standard InChI is InChI=1S/C19H22O7/c1-19(10-23-2)17(21)16(25-13-6-5-12(20)9-13)14-8-11(18(22)24-3)4-7-15(14)26-19/h4,7-9,16-17,21H,5-6,10H2,1-3H3. The van der Waals surface area contributed by atoms with Crippen molar-refractivity contribution >= 4 is 11.8 Å². The first-order chi connectivity index (χ1) is 12.4. The number of carbonyl (C=O) groups is 2. The molecule has 3 rings (SSSR count). The summed E-state index contributed by atoms with van der Waals surface area (Å²) < 4.78 is 21.9. The van der Waals surface area contributed by atoms with Gasteiger partial charge < -0.3 is 24.1 Å². The zero-order valence-electron chi connectivity index (χ0n) is 15.0. The fraction of sp³-hybridized carbons (Fsp3) is 0.474. The quantitative estimate of drug-likeness (QED) is 0.800. The molecule has 1 aliphatic heterocycles. The fourth-order valence-electron chi connectivity index (χ4n) is 3.27. The average Bonchev–Trinajstić information content (AvgIpc) is 3.03. The highest BCUT2D eigenvalue weighted by Gasteiger charge is 2.48. The molecule has 0 fully saturated rings. The SMILES string of the molecule is COCC1(C)Oc2ccc(C(=O)OC)cc2C(OC2=CC(=O)CC2)C1O. The van der Waals surface area contributed by atoms with Crippen LogP contribution in [0.1, 0.15) is 41.8 Å². The van der Waals surface area contributed by atoms with E-state index in [1.54, 1.807) is 25.1 Å². The van der Waals surface area contributed by atoms with Crippen molar-refractivity contribution in [1.82, 2.24) is 0 Å². The third-order valence-corrected chi connectivity index (χ3v) is 4.64. The number of benzene rings is 1. The third kappa shape index (κ3) is 3.32. The number of ether oxygens (including phenoxy) is 4. The maximum Gasteiger partial charge on any atom is 0.337 e. The minimum absolute atomic E-state index is 0.00950. The molecule has 1 aliphatic carbocycles. The van der Waals surface area contributed by atoms with Gasteiger partial charge in [0.2, 0.25) is 0 Å². The lowest BCUT2D eigenvalue weighted by atomic mass is 9.86. The van der Waals surface area contributed by atoms with Crippen molar-refractivity contribution in [1.29, 1.82) is 0 Å². The summed E-state index contributed by atoms with van der Waals surface area (Å²) in [5, 5.41) is 10.9. The van der Waals surface area contributed by atoms with E-state index in [0.717, 1.165) is 0 Å². The minimum atomic E-state index is -1.07. The molecular weight excluding hydrogens is 340 g/mol. The number of aliphatic hydroxyl groups is 1. The topological polar surface area (TPSA) is 91.3 Å². The van der Waals surface area contributed by atoms with Gasteiger partial charge in [0.15, 0.2) is 17.5 Å². The van der Waals surface area contributed by atoms with Crippen LogP contribution in [0.15, 0.2) is 30.0 Å². The van der Waals surface area contributed by atoms with Gasteiger partial charge in [-0.05, 0) is 25.1 Å². The Morgan fingerprint density at radius 1 is 1.35 bits per heavy atom. The van der Waals surface area contributed by atoms with E-state index >= 15 is 0 Å². The van der Waals surface area contributed by atoms with Crippen molar-refractivity contribution in [2.45, 2.75) is 37.6 Å². The molecule has 26 heavy (non-hydrogen) atoms. The molecular formula is C19H22O7. The van der Waals surface area contributed by atoms with Crippen LogP contribution in [0.5, 0.6) is 5.75 Å². The van der Waals surface area contributed by atoms with Crippen LogP contribution >= 0.6 is 0 Å². The van der Waals surface area contributed by atoms with Gasteiger partial charge in [-0.2, -0.15) is 0 Å². The molecule has 0 saturated carbocycles. The number of rotatable bonds is 5. The maximum atomic E-state index is 11.9. The summed E-state index contributed by atoms with van der Waals surface area (Å²) in [6.45, 7) is 1.87. The van der Waals surface area contributed by atoms with Crippen LogP contribution in [0, 0.1) is 0 Å². The fourth-order valence-corrected chi connectivity index (χ4v) is 3.27. The Morgan fingerprint density at radius 2 is 2.12 bits per heavy atom. The minimum Gasteiger partial charge on any atom is -0.487 e. The Balaban J connectivity index is 2.02. The predicted molar refractivity (Wildman–Crippen MR) is 90.8 cm³/mol. The van der Waals surface area contributed by atoms with Crippen LogP contribution in [-0.4, -0.2) is 49.4 Å². The smallest absolute Gasteiger partial charge is 0.337 e. The number of aliphatic hydroxyl groups excluding tert-OH is 1. The van der Waals surface area contributed by atoms with Crippen molar-refractivity contribution in [3.05, 3.63) is 41.2 Å². The number of ketones is 1. The van der Waals surface area contributed by atoms with E-state index in [9.17, 15) is 14.7 Å². The largest absolute Gasteiger partial charge is 0.487 e. The summed E-state index contributed by atoms with van der Waals surface area (Å²) in [6, 6.07) is 4.82. The molecule has 0 spiro atoms. The second-order valence-corrected chi connectivity index (χ2v) is 6.65. The van der Waals surface area contributed by atoms with Gasteiger partial charge in [-0.3, -0.25) is 4.79 Å². The van der Waals surface area contributed by atoms with Crippen LogP contribution in [0.2, 0.25) is 0 Å². The molecule has 0 radical (unpaired) electrons. The van der Waals surface area contributed by atoms with Gasteiger partial charge in [-0.1, -0.05) is 0 Å². The van der Waals surface area contributed by atoms with Crippen molar-refractivity contribution < 1.29 is 33.6 Å². The lowest BCUT2D eigenvalue weighted by Gasteiger charge is -2.43. The number of carbonyl (C=O) groups excluding carboxylic acids is 2. The van der Waals surface area contributed by atoms with Crippen molar-refractivity contribution in [2.75, 3.05) is 20.8 Å². The van der Waals surface area contributed by atoms with Crippen molar-refractivity contribution in [3.63, 3.8) is 0 Å². The zero-order chi connectivity index (χ0) is 18.9. The Kier molecular flexibility index (Phi) is 5.02. The molecule has 0 amide bonds. The van der Waals surface area contributed by atoms with E-state index in [-0.39, 0.29) is 12.4 Å². The third-order valence-electron chi connectivity index (χ3n) is 4.64. The molecule has 7 heteroatoms. The molecule has 0 saturated heterocycles. The monoisotopic (exact) mass is 362 g/mol. The summed E-state index contributed by atoms with van der Waals surface area (Å²) in [7, 11) is 2.82. The van der Waals surface area contributed by atoms with E-state index < -0.39 is 23.8 Å². The number of hydrogen-bond donors (Lipinski definition) is 1. The van der Waals surface area contributed by atoms with E-state index in [0.29, 0.717) is 35.5 Å². The van der Waals surface area contributed by atoms with E-state index in [1.807, 2.05) is 0 Å². The molecule has 140 valence electrons. The number of esters is 1. The van der Waals surface area contributed by atoms with Crippen LogP contribution in [0.4, 0.5) is 0 Å². The first kappa shape index (κ1) is 18.4. The summed E-state index contributed by atoms with van der Waals surface area (Å²) in [5.74, 6) is 0.485. The van der Waals surface area contributed by atoms with Gasteiger partial charge in [-0.25, -0.2) is 4.79 Å². The van der Waals surface area contributed by atoms with E-state index in [4.69, 9.17) is 18.9 Å². The molecule has 1 aromatic rings. The summed E-state index contributed by atoms with van der Waals surface area (Å²) in [6.07, 6.45) is 0.439. The second kappa shape index (κ2) is 7.09. The normalized spacial score (nSPS) is 27.4. The number of hydrogen-bond acceptors (Lipinski definition) is 7. The van der Waals surface area contributed by atoms with Crippen LogP contribution < -0.4 is 4.74 Å². The lowest BCUT2D eigenvalue weighted by Crippen LogP contribution is -2.54. The number of fused-ring (bicyclic) bond motifs is 1.